The number of pyridine rings is 1. The highest BCUT2D eigenvalue weighted by atomic mass is 35.5. The molecule has 1 aromatic carbocycles. The summed E-state index contributed by atoms with van der Waals surface area (Å²) in [6.07, 6.45) is 9.60. The summed E-state index contributed by atoms with van der Waals surface area (Å²) in [4.78, 5) is 40.5. The van der Waals surface area contributed by atoms with Crippen molar-refractivity contribution >= 4 is 35.5 Å². The Hall–Kier alpha value is -3.69. The number of aliphatic hydroxyl groups excluding tert-OH is 1. The lowest BCUT2D eigenvalue weighted by Crippen LogP contribution is -2.48. The molecule has 0 saturated carbocycles. The van der Waals surface area contributed by atoms with Gasteiger partial charge < -0.3 is 25.6 Å². The summed E-state index contributed by atoms with van der Waals surface area (Å²) in [5, 5.41) is 25.1. The third kappa shape index (κ3) is 10.4. The minimum absolute atomic E-state index is 0.0865. The highest BCUT2D eigenvalue weighted by molar-refractivity contribution is 6.32. The molecule has 0 aliphatic carbocycles. The molecule has 0 fully saturated rings. The standard InChI is InChI=1S/C28H34ClN3O6/c1-18(7-8-20-11-13-30-14-12-20)24(33)5-4-6-26(34)32-23(27(35)31-17-19(2)28(36)37)16-21-9-10-25(38-3)22(29)15-21/h4,6-15,18-19,23-24,33H,5,16-17H2,1-3H3,(H,31,35)(H,32,34)(H,36,37)/b6-4+,8-7+. The van der Waals surface area contributed by atoms with Crippen LogP contribution < -0.4 is 15.4 Å². The molecule has 1 heterocycles. The molecule has 38 heavy (non-hydrogen) atoms. The summed E-state index contributed by atoms with van der Waals surface area (Å²) in [5.41, 5.74) is 1.64. The summed E-state index contributed by atoms with van der Waals surface area (Å²) in [5.74, 6) is -2.57. The molecule has 0 saturated heterocycles. The Balaban J connectivity index is 2.01. The van der Waals surface area contributed by atoms with Gasteiger partial charge in [-0.25, -0.2) is 0 Å². The van der Waals surface area contributed by atoms with E-state index in [0.717, 1.165) is 5.56 Å². The number of aliphatic carboxylic acids is 1. The van der Waals surface area contributed by atoms with Gasteiger partial charge in [0.1, 0.15) is 11.8 Å². The van der Waals surface area contributed by atoms with Crippen LogP contribution in [0.4, 0.5) is 0 Å². The number of rotatable bonds is 14. The molecule has 4 unspecified atom stereocenters. The van der Waals surface area contributed by atoms with E-state index in [2.05, 4.69) is 15.6 Å². The van der Waals surface area contributed by atoms with Crippen molar-refractivity contribution in [3.63, 3.8) is 0 Å². The first-order valence-corrected chi connectivity index (χ1v) is 12.5. The summed E-state index contributed by atoms with van der Waals surface area (Å²) in [7, 11) is 1.49. The van der Waals surface area contributed by atoms with Crippen molar-refractivity contribution in [3.05, 3.63) is 77.1 Å². The molecule has 1 aromatic heterocycles. The molecular formula is C28H34ClN3O6. The van der Waals surface area contributed by atoms with E-state index in [1.807, 2.05) is 31.2 Å². The number of aromatic nitrogens is 1. The lowest BCUT2D eigenvalue weighted by Gasteiger charge is -2.19. The Morgan fingerprint density at radius 3 is 2.50 bits per heavy atom. The monoisotopic (exact) mass is 543 g/mol. The minimum Gasteiger partial charge on any atom is -0.495 e. The fraction of sp³-hybridized carbons (Fsp3) is 0.357. The first kappa shape index (κ1) is 30.5. The Morgan fingerprint density at radius 2 is 1.87 bits per heavy atom. The van der Waals surface area contributed by atoms with E-state index in [9.17, 15) is 19.5 Å². The Kier molecular flexibility index (Phi) is 12.5. The maximum Gasteiger partial charge on any atom is 0.308 e. The molecule has 2 rings (SSSR count). The zero-order valence-electron chi connectivity index (χ0n) is 21.6. The Bertz CT molecular complexity index is 1140. The van der Waals surface area contributed by atoms with Crippen LogP contribution in [-0.2, 0) is 20.8 Å². The Labute approximate surface area is 227 Å². The lowest BCUT2D eigenvalue weighted by molar-refractivity contribution is -0.141. The number of amides is 2. The topological polar surface area (TPSA) is 138 Å². The molecule has 204 valence electrons. The van der Waals surface area contributed by atoms with Crippen molar-refractivity contribution in [2.75, 3.05) is 13.7 Å². The molecule has 2 amide bonds. The molecule has 4 atom stereocenters. The number of nitrogens with zero attached hydrogens (tertiary/aromatic N) is 1. The van der Waals surface area contributed by atoms with Crippen LogP contribution in [0, 0.1) is 11.8 Å². The van der Waals surface area contributed by atoms with Crippen molar-refractivity contribution in [3.8, 4) is 5.75 Å². The van der Waals surface area contributed by atoms with Crippen LogP contribution >= 0.6 is 11.6 Å². The third-order valence-electron chi connectivity index (χ3n) is 5.85. The van der Waals surface area contributed by atoms with Crippen LogP contribution in [0.2, 0.25) is 5.02 Å². The van der Waals surface area contributed by atoms with Gasteiger partial charge in [0.05, 0.1) is 24.2 Å². The number of carbonyl (C=O) groups is 3. The molecule has 10 heteroatoms. The van der Waals surface area contributed by atoms with Gasteiger partial charge in [0.2, 0.25) is 11.8 Å². The van der Waals surface area contributed by atoms with Crippen molar-refractivity contribution in [2.45, 2.75) is 38.8 Å². The van der Waals surface area contributed by atoms with Gasteiger partial charge in [-0.05, 0) is 47.9 Å². The van der Waals surface area contributed by atoms with Crippen LogP contribution in [0.25, 0.3) is 6.08 Å². The van der Waals surface area contributed by atoms with Gasteiger partial charge in [-0.1, -0.05) is 49.7 Å². The molecule has 4 N–H and O–H groups in total. The van der Waals surface area contributed by atoms with Gasteiger partial charge in [-0.2, -0.15) is 0 Å². The van der Waals surface area contributed by atoms with E-state index < -0.39 is 35.8 Å². The highest BCUT2D eigenvalue weighted by Crippen LogP contribution is 2.25. The molecular weight excluding hydrogens is 510 g/mol. The SMILES string of the molecule is COc1ccc(CC(NC(=O)/C=C/CC(O)C(C)/C=C/c2ccncc2)C(=O)NCC(C)C(=O)O)cc1Cl. The van der Waals surface area contributed by atoms with Crippen LogP contribution in [0.3, 0.4) is 0 Å². The summed E-state index contributed by atoms with van der Waals surface area (Å²) in [6.45, 7) is 3.26. The van der Waals surface area contributed by atoms with Crippen molar-refractivity contribution in [1.29, 1.82) is 0 Å². The second-order valence-electron chi connectivity index (χ2n) is 8.92. The average molecular weight is 544 g/mol. The van der Waals surface area contributed by atoms with Crippen LogP contribution in [0.1, 0.15) is 31.4 Å². The van der Waals surface area contributed by atoms with Crippen molar-refractivity contribution < 1.29 is 29.3 Å². The lowest BCUT2D eigenvalue weighted by atomic mass is 10.00. The van der Waals surface area contributed by atoms with Gasteiger partial charge in [0.15, 0.2) is 0 Å². The molecule has 0 aliphatic heterocycles. The average Bonchev–Trinajstić information content (AvgIpc) is 2.90. The summed E-state index contributed by atoms with van der Waals surface area (Å²) >= 11 is 6.20. The maximum atomic E-state index is 12.8. The van der Waals surface area contributed by atoms with E-state index in [4.69, 9.17) is 21.4 Å². The fourth-order valence-electron chi connectivity index (χ4n) is 3.36. The summed E-state index contributed by atoms with van der Waals surface area (Å²) < 4.78 is 5.15. The number of hydrogen-bond acceptors (Lipinski definition) is 6. The zero-order valence-corrected chi connectivity index (χ0v) is 22.4. The second kappa shape index (κ2) is 15.5. The minimum atomic E-state index is -1.04. The van der Waals surface area contributed by atoms with Gasteiger partial charge in [0, 0.05) is 31.3 Å². The third-order valence-corrected chi connectivity index (χ3v) is 6.14. The molecule has 2 aromatic rings. The van der Waals surface area contributed by atoms with Gasteiger partial charge in [0.25, 0.3) is 0 Å². The van der Waals surface area contributed by atoms with Crippen LogP contribution in [0.15, 0.2) is 61.0 Å². The molecule has 9 nitrogen and oxygen atoms in total. The first-order chi connectivity index (χ1) is 18.1. The molecule has 0 bridgehead atoms. The number of methoxy groups -OCH3 is 1. The number of carboxylic acids is 1. The predicted octanol–water partition coefficient (Wildman–Crippen LogP) is 3.26. The van der Waals surface area contributed by atoms with E-state index in [-0.39, 0.29) is 25.3 Å². The van der Waals surface area contributed by atoms with Gasteiger partial charge in [-0.3, -0.25) is 19.4 Å². The van der Waals surface area contributed by atoms with Gasteiger partial charge >= 0.3 is 5.97 Å². The Morgan fingerprint density at radius 1 is 1.16 bits per heavy atom. The highest BCUT2D eigenvalue weighted by Gasteiger charge is 2.22. The molecule has 0 spiro atoms. The smallest absolute Gasteiger partial charge is 0.308 e. The van der Waals surface area contributed by atoms with E-state index in [0.29, 0.717) is 16.3 Å². The van der Waals surface area contributed by atoms with E-state index >= 15 is 0 Å². The first-order valence-electron chi connectivity index (χ1n) is 12.2. The number of carboxylic acid groups (broad SMARTS) is 1. The number of halogens is 1. The number of benzene rings is 1. The van der Waals surface area contributed by atoms with Crippen LogP contribution in [-0.4, -0.2) is 58.8 Å². The normalized spacial score (nSPS) is 14.6. The van der Waals surface area contributed by atoms with Gasteiger partial charge in [-0.15, -0.1) is 0 Å². The number of nitrogens with one attached hydrogen (secondary N) is 2. The van der Waals surface area contributed by atoms with E-state index in [1.165, 1.54) is 20.1 Å². The van der Waals surface area contributed by atoms with Crippen molar-refractivity contribution in [2.24, 2.45) is 11.8 Å². The number of hydrogen-bond donors (Lipinski definition) is 4. The largest absolute Gasteiger partial charge is 0.495 e. The maximum absolute atomic E-state index is 12.8. The predicted molar refractivity (Wildman–Crippen MR) is 146 cm³/mol. The second-order valence-corrected chi connectivity index (χ2v) is 9.33. The number of carbonyl (C=O) groups excluding carboxylic acids is 2. The van der Waals surface area contributed by atoms with Crippen molar-refractivity contribution in [1.82, 2.24) is 15.6 Å². The molecule has 0 radical (unpaired) electrons. The fourth-order valence-corrected chi connectivity index (χ4v) is 3.64. The molecule has 0 aliphatic rings. The van der Waals surface area contributed by atoms with E-state index in [1.54, 1.807) is 36.7 Å². The number of aliphatic hydroxyl groups is 1. The summed E-state index contributed by atoms with van der Waals surface area (Å²) in [6, 6.07) is 7.75. The zero-order chi connectivity index (χ0) is 28.1. The van der Waals surface area contributed by atoms with Crippen LogP contribution in [0.5, 0.6) is 5.75 Å². The quantitative estimate of drug-likeness (QED) is 0.268. The number of ether oxygens (including phenoxy) is 1.